The molecule has 0 radical (unpaired) electrons. The summed E-state index contributed by atoms with van der Waals surface area (Å²) in [6.07, 6.45) is -4.34. The smallest absolute Gasteiger partial charge is 0.416 e. The highest BCUT2D eigenvalue weighted by Crippen LogP contribution is 2.35. The summed E-state index contributed by atoms with van der Waals surface area (Å²) >= 11 is 0. The quantitative estimate of drug-likeness (QED) is 0.788. The summed E-state index contributed by atoms with van der Waals surface area (Å²) in [6, 6.07) is 4.69. The van der Waals surface area contributed by atoms with Gasteiger partial charge in [0.25, 0.3) is 0 Å². The molecule has 0 aliphatic carbocycles. The van der Waals surface area contributed by atoms with Gasteiger partial charge in [-0.1, -0.05) is 17.3 Å². The predicted octanol–water partition coefficient (Wildman–Crippen LogP) is 2.33. The average Bonchev–Trinajstić information content (AvgIpc) is 2.69. The first-order valence-corrected chi connectivity index (χ1v) is 5.93. The van der Waals surface area contributed by atoms with Gasteiger partial charge in [-0.3, -0.25) is 0 Å². The van der Waals surface area contributed by atoms with E-state index in [0.717, 1.165) is 12.1 Å². The number of aryl methyl sites for hydroxylation is 1. The highest BCUT2D eigenvalue weighted by Gasteiger charge is 2.30. The standard InChI is InChI=1S/C11H10F3NO2Si/c1-6-9(17-18)10(16-15-6)7-2-4-8(5-3-7)11(12,13)14/h2-5H,1,18H3. The van der Waals surface area contributed by atoms with E-state index < -0.39 is 11.7 Å². The van der Waals surface area contributed by atoms with Crippen LogP contribution in [0.15, 0.2) is 28.8 Å². The molecule has 1 aromatic carbocycles. The third-order valence-electron chi connectivity index (χ3n) is 2.49. The minimum atomic E-state index is -4.34. The second-order valence-corrected chi connectivity index (χ2v) is 4.11. The van der Waals surface area contributed by atoms with Crippen LogP contribution in [0.5, 0.6) is 5.75 Å². The van der Waals surface area contributed by atoms with Crippen LogP contribution in [0.4, 0.5) is 13.2 Å². The maximum atomic E-state index is 12.4. The summed E-state index contributed by atoms with van der Waals surface area (Å²) in [5, 5.41) is 3.73. The zero-order valence-corrected chi connectivity index (χ0v) is 11.7. The van der Waals surface area contributed by atoms with E-state index in [4.69, 9.17) is 8.95 Å². The fourth-order valence-corrected chi connectivity index (χ4v) is 2.08. The van der Waals surface area contributed by atoms with E-state index >= 15 is 0 Å². The van der Waals surface area contributed by atoms with Crippen molar-refractivity contribution >= 4 is 10.5 Å². The van der Waals surface area contributed by atoms with Gasteiger partial charge in [0, 0.05) is 5.56 Å². The molecule has 0 aliphatic rings. The van der Waals surface area contributed by atoms with Crippen LogP contribution in [0, 0.1) is 6.92 Å². The van der Waals surface area contributed by atoms with E-state index in [1.165, 1.54) is 12.1 Å². The van der Waals surface area contributed by atoms with E-state index in [-0.39, 0.29) is 0 Å². The van der Waals surface area contributed by atoms with Crippen molar-refractivity contribution in [2.75, 3.05) is 0 Å². The molecular formula is C11H10F3NO2Si. The Bertz CT molecular complexity index is 548. The second-order valence-electron chi connectivity index (χ2n) is 3.71. The van der Waals surface area contributed by atoms with Crippen LogP contribution in [0.1, 0.15) is 11.3 Å². The number of aromatic nitrogens is 1. The molecule has 3 nitrogen and oxygen atoms in total. The lowest BCUT2D eigenvalue weighted by molar-refractivity contribution is -0.137. The molecule has 18 heavy (non-hydrogen) atoms. The molecule has 0 amide bonds. The van der Waals surface area contributed by atoms with Crippen LogP contribution >= 0.6 is 0 Å². The van der Waals surface area contributed by atoms with Gasteiger partial charge in [-0.15, -0.1) is 0 Å². The van der Waals surface area contributed by atoms with Crippen LogP contribution < -0.4 is 4.43 Å². The van der Waals surface area contributed by atoms with Gasteiger partial charge in [-0.05, 0) is 19.1 Å². The molecule has 1 aromatic heterocycles. The SMILES string of the molecule is Cc1noc(-c2ccc(C(F)(F)F)cc2)c1O[SiH3]. The Morgan fingerprint density at radius 3 is 2.33 bits per heavy atom. The van der Waals surface area contributed by atoms with Crippen molar-refractivity contribution in [1.82, 2.24) is 5.16 Å². The zero-order chi connectivity index (χ0) is 13.3. The van der Waals surface area contributed by atoms with Crippen LogP contribution in [-0.4, -0.2) is 15.6 Å². The average molecular weight is 273 g/mol. The molecular weight excluding hydrogens is 263 g/mol. The number of rotatable bonds is 2. The minimum Gasteiger partial charge on any atom is -0.549 e. The van der Waals surface area contributed by atoms with Crippen molar-refractivity contribution in [2.45, 2.75) is 13.1 Å². The number of benzene rings is 1. The fraction of sp³-hybridized carbons (Fsp3) is 0.182. The molecule has 0 fully saturated rings. The molecule has 0 saturated heterocycles. The highest BCUT2D eigenvalue weighted by atomic mass is 28.2. The second kappa shape index (κ2) is 4.49. The summed E-state index contributed by atoms with van der Waals surface area (Å²) in [4.78, 5) is 0. The molecule has 0 bridgehead atoms. The van der Waals surface area contributed by atoms with Gasteiger partial charge in [0.2, 0.25) is 16.2 Å². The van der Waals surface area contributed by atoms with Crippen LogP contribution in [0.2, 0.25) is 0 Å². The summed E-state index contributed by atoms with van der Waals surface area (Å²) in [5.74, 6) is 0.845. The van der Waals surface area contributed by atoms with Crippen LogP contribution in [0.3, 0.4) is 0 Å². The molecule has 0 atom stereocenters. The third-order valence-corrected chi connectivity index (χ3v) is 2.90. The number of hydrogen-bond acceptors (Lipinski definition) is 3. The maximum Gasteiger partial charge on any atom is 0.416 e. The van der Waals surface area contributed by atoms with E-state index in [1.54, 1.807) is 6.92 Å². The predicted molar refractivity (Wildman–Crippen MR) is 62.2 cm³/mol. The number of nitrogens with zero attached hydrogens (tertiary/aromatic N) is 1. The van der Waals surface area contributed by atoms with Crippen molar-refractivity contribution < 1.29 is 22.1 Å². The molecule has 2 aromatic rings. The summed E-state index contributed by atoms with van der Waals surface area (Å²) in [6.45, 7) is 1.71. The molecule has 0 spiro atoms. The highest BCUT2D eigenvalue weighted by molar-refractivity contribution is 6.00. The fourth-order valence-electron chi connectivity index (χ4n) is 1.60. The van der Waals surface area contributed by atoms with E-state index in [1.807, 2.05) is 0 Å². The zero-order valence-electron chi connectivity index (χ0n) is 9.71. The number of alkyl halides is 3. The van der Waals surface area contributed by atoms with Crippen molar-refractivity contribution in [3.63, 3.8) is 0 Å². The summed E-state index contributed by atoms with van der Waals surface area (Å²) < 4.78 is 47.5. The third kappa shape index (κ3) is 2.26. The number of halogens is 3. The van der Waals surface area contributed by atoms with Crippen molar-refractivity contribution in [1.29, 1.82) is 0 Å². The molecule has 0 saturated carbocycles. The van der Waals surface area contributed by atoms with E-state index in [9.17, 15) is 13.2 Å². The Morgan fingerprint density at radius 1 is 1.22 bits per heavy atom. The monoisotopic (exact) mass is 273 g/mol. The molecule has 1 heterocycles. The first-order valence-electron chi connectivity index (χ1n) is 5.11. The first-order chi connectivity index (χ1) is 8.43. The molecule has 0 aliphatic heterocycles. The first kappa shape index (κ1) is 12.7. The topological polar surface area (TPSA) is 35.3 Å². The van der Waals surface area contributed by atoms with Gasteiger partial charge in [-0.2, -0.15) is 13.2 Å². The Morgan fingerprint density at radius 2 is 1.83 bits per heavy atom. The van der Waals surface area contributed by atoms with Gasteiger partial charge >= 0.3 is 6.18 Å². The lowest BCUT2D eigenvalue weighted by atomic mass is 10.1. The minimum absolute atomic E-state index is 0.358. The van der Waals surface area contributed by atoms with Crippen LogP contribution in [-0.2, 0) is 6.18 Å². The van der Waals surface area contributed by atoms with E-state index in [2.05, 4.69) is 5.16 Å². The van der Waals surface area contributed by atoms with Gasteiger partial charge in [0.1, 0.15) is 5.69 Å². The van der Waals surface area contributed by atoms with Gasteiger partial charge in [0.15, 0.2) is 5.75 Å². The largest absolute Gasteiger partial charge is 0.549 e. The van der Waals surface area contributed by atoms with Crippen molar-refractivity contribution in [3.05, 3.63) is 35.5 Å². The molecule has 2 rings (SSSR count). The summed E-state index contributed by atoms with van der Waals surface area (Å²) in [5.41, 5.74) is 0.394. The molecule has 96 valence electrons. The Labute approximate surface area is 104 Å². The Hall–Kier alpha value is -1.76. The Balaban J connectivity index is 2.40. The summed E-state index contributed by atoms with van der Waals surface area (Å²) in [7, 11) is 0.451. The van der Waals surface area contributed by atoms with Gasteiger partial charge < -0.3 is 8.95 Å². The molecule has 0 N–H and O–H groups in total. The number of hydrogen-bond donors (Lipinski definition) is 0. The lowest BCUT2D eigenvalue weighted by Gasteiger charge is -2.07. The van der Waals surface area contributed by atoms with E-state index in [0.29, 0.717) is 33.3 Å². The van der Waals surface area contributed by atoms with Crippen molar-refractivity contribution in [3.8, 4) is 17.1 Å². The van der Waals surface area contributed by atoms with Crippen LogP contribution in [0.25, 0.3) is 11.3 Å². The Kier molecular flexibility index (Phi) is 3.16. The maximum absolute atomic E-state index is 12.4. The van der Waals surface area contributed by atoms with Gasteiger partial charge in [0.05, 0.1) is 5.56 Å². The van der Waals surface area contributed by atoms with Crippen molar-refractivity contribution in [2.24, 2.45) is 0 Å². The van der Waals surface area contributed by atoms with Gasteiger partial charge in [-0.25, -0.2) is 0 Å². The molecule has 0 unspecified atom stereocenters. The molecule has 7 heteroatoms. The lowest BCUT2D eigenvalue weighted by Crippen LogP contribution is -2.04. The normalized spacial score (nSPS) is 11.8.